The van der Waals surface area contributed by atoms with Crippen molar-refractivity contribution < 1.29 is 14.7 Å². The van der Waals surface area contributed by atoms with Gasteiger partial charge >= 0.3 is 5.97 Å². The zero-order valence-electron chi connectivity index (χ0n) is 10.4. The summed E-state index contributed by atoms with van der Waals surface area (Å²) in [4.78, 5) is 23.6. The molecule has 102 valence electrons. The van der Waals surface area contributed by atoms with Crippen molar-refractivity contribution in [1.82, 2.24) is 4.90 Å². The summed E-state index contributed by atoms with van der Waals surface area (Å²) in [5.41, 5.74) is 0.669. The number of hydrogen-bond acceptors (Lipinski definition) is 2. The van der Waals surface area contributed by atoms with Crippen molar-refractivity contribution in [2.24, 2.45) is 0 Å². The lowest BCUT2D eigenvalue weighted by atomic mass is 10.2. The summed E-state index contributed by atoms with van der Waals surface area (Å²) in [5.74, 6) is -1.47. The molecule has 0 aliphatic heterocycles. The van der Waals surface area contributed by atoms with Gasteiger partial charge in [-0.2, -0.15) is 0 Å². The maximum Gasteiger partial charge on any atom is 0.326 e. The first-order valence-electron chi connectivity index (χ1n) is 5.45. The molecule has 0 bridgehead atoms. The summed E-state index contributed by atoms with van der Waals surface area (Å²) in [6, 6.07) is 4.00. The Morgan fingerprint density at radius 1 is 1.26 bits per heavy atom. The minimum Gasteiger partial charge on any atom is -0.480 e. The molecule has 0 spiro atoms. The van der Waals surface area contributed by atoms with Crippen molar-refractivity contribution >= 4 is 41.2 Å². The van der Waals surface area contributed by atoms with Crippen LogP contribution < -0.4 is 0 Å². The Morgan fingerprint density at radius 2 is 1.79 bits per heavy atom. The summed E-state index contributed by atoms with van der Waals surface area (Å²) in [7, 11) is 1.43. The van der Waals surface area contributed by atoms with Crippen LogP contribution in [0.15, 0.2) is 24.3 Å². The van der Waals surface area contributed by atoms with Crippen molar-refractivity contribution in [3.63, 3.8) is 0 Å². The number of nitrogens with zero attached hydrogens (tertiary/aromatic N) is 1. The normalized spacial score (nSPS) is 12.4. The average molecular weight is 302 g/mol. The minimum atomic E-state index is -1.06. The van der Waals surface area contributed by atoms with Crippen molar-refractivity contribution in [3.05, 3.63) is 39.9 Å². The SMILES string of the molecule is CC(C(=O)O)N(C)C(=O)/C=C/c1cc(Cl)cc(Cl)c1. The third-order valence-electron chi connectivity index (χ3n) is 2.59. The van der Waals surface area contributed by atoms with Gasteiger partial charge in [0.2, 0.25) is 5.91 Å². The van der Waals surface area contributed by atoms with Crippen LogP contribution in [0.3, 0.4) is 0 Å². The second-order valence-electron chi connectivity index (χ2n) is 4.00. The maximum absolute atomic E-state index is 11.7. The predicted molar refractivity (Wildman–Crippen MR) is 75.4 cm³/mol. The summed E-state index contributed by atoms with van der Waals surface area (Å²) in [6.07, 6.45) is 2.81. The van der Waals surface area contributed by atoms with Gasteiger partial charge in [-0.05, 0) is 36.8 Å². The van der Waals surface area contributed by atoms with Crippen LogP contribution in [0.1, 0.15) is 12.5 Å². The lowest BCUT2D eigenvalue weighted by molar-refractivity contribution is -0.146. The van der Waals surface area contributed by atoms with Gasteiger partial charge in [0.25, 0.3) is 0 Å². The summed E-state index contributed by atoms with van der Waals surface area (Å²) in [6.45, 7) is 1.43. The Bertz CT molecular complexity index is 508. The third-order valence-corrected chi connectivity index (χ3v) is 3.03. The van der Waals surface area contributed by atoms with Gasteiger partial charge in [0.15, 0.2) is 0 Å². The Kier molecular flexibility index (Phi) is 5.39. The Hall–Kier alpha value is -1.52. The first-order valence-corrected chi connectivity index (χ1v) is 6.20. The molecule has 6 heteroatoms. The van der Waals surface area contributed by atoms with Gasteiger partial charge in [0.05, 0.1) is 0 Å². The molecule has 1 aromatic carbocycles. The van der Waals surface area contributed by atoms with Crippen LogP contribution in [-0.4, -0.2) is 35.0 Å². The van der Waals surface area contributed by atoms with E-state index in [2.05, 4.69) is 0 Å². The fraction of sp³-hybridized carbons (Fsp3) is 0.231. The van der Waals surface area contributed by atoms with Crippen LogP contribution in [0.25, 0.3) is 6.08 Å². The summed E-state index contributed by atoms with van der Waals surface area (Å²) < 4.78 is 0. The lowest BCUT2D eigenvalue weighted by Crippen LogP contribution is -2.39. The van der Waals surface area contributed by atoms with Crippen molar-refractivity contribution in [2.45, 2.75) is 13.0 Å². The van der Waals surface area contributed by atoms with Gasteiger partial charge in [0, 0.05) is 23.2 Å². The molecule has 4 nitrogen and oxygen atoms in total. The van der Waals surface area contributed by atoms with E-state index < -0.39 is 17.9 Å². The number of hydrogen-bond donors (Lipinski definition) is 1. The zero-order valence-corrected chi connectivity index (χ0v) is 11.9. The number of carbonyl (C=O) groups excluding carboxylic acids is 1. The van der Waals surface area contributed by atoms with Crippen molar-refractivity contribution in [3.8, 4) is 0 Å². The molecule has 0 saturated carbocycles. The number of aliphatic carboxylic acids is 1. The Labute approximate surface area is 121 Å². The van der Waals surface area contributed by atoms with E-state index in [9.17, 15) is 9.59 Å². The van der Waals surface area contributed by atoms with E-state index in [-0.39, 0.29) is 0 Å². The van der Waals surface area contributed by atoms with E-state index in [1.807, 2.05) is 0 Å². The molecule has 1 atom stereocenters. The highest BCUT2D eigenvalue weighted by molar-refractivity contribution is 6.34. The van der Waals surface area contributed by atoms with Crippen LogP contribution in [0, 0.1) is 0 Å². The molecule has 0 fully saturated rings. The molecule has 0 heterocycles. The maximum atomic E-state index is 11.7. The van der Waals surface area contributed by atoms with Crippen LogP contribution in [0.5, 0.6) is 0 Å². The number of carboxylic acids is 1. The lowest BCUT2D eigenvalue weighted by Gasteiger charge is -2.19. The molecule has 1 N–H and O–H groups in total. The summed E-state index contributed by atoms with van der Waals surface area (Å²) >= 11 is 11.7. The summed E-state index contributed by atoms with van der Waals surface area (Å²) in [5, 5.41) is 9.74. The van der Waals surface area contributed by atoms with E-state index >= 15 is 0 Å². The van der Waals surface area contributed by atoms with E-state index in [4.69, 9.17) is 28.3 Å². The van der Waals surface area contributed by atoms with Crippen molar-refractivity contribution in [2.75, 3.05) is 7.05 Å². The number of benzene rings is 1. The molecule has 0 saturated heterocycles. The first kappa shape index (κ1) is 15.5. The number of amides is 1. The number of halogens is 2. The second-order valence-corrected chi connectivity index (χ2v) is 4.87. The molecule has 0 aromatic heterocycles. The van der Waals surface area contributed by atoms with Gasteiger partial charge < -0.3 is 10.0 Å². The third kappa shape index (κ3) is 4.58. The first-order chi connectivity index (χ1) is 8.81. The molecule has 0 aliphatic carbocycles. The van der Waals surface area contributed by atoms with Gasteiger partial charge in [-0.1, -0.05) is 23.2 Å². The van der Waals surface area contributed by atoms with Gasteiger partial charge in [-0.15, -0.1) is 0 Å². The monoisotopic (exact) mass is 301 g/mol. The van der Waals surface area contributed by atoms with E-state index in [0.717, 1.165) is 4.90 Å². The number of rotatable bonds is 4. The smallest absolute Gasteiger partial charge is 0.326 e. The predicted octanol–water partition coefficient (Wildman–Crippen LogP) is 2.94. The fourth-order valence-electron chi connectivity index (χ4n) is 1.31. The standard InChI is InChI=1S/C13H13Cl2NO3/c1-8(13(18)19)16(2)12(17)4-3-9-5-10(14)7-11(15)6-9/h3-8H,1-2H3,(H,18,19)/b4-3+. The van der Waals surface area contributed by atoms with Crippen LogP contribution >= 0.6 is 23.2 Å². The molecule has 1 unspecified atom stereocenters. The largest absolute Gasteiger partial charge is 0.480 e. The molecule has 0 aliphatic rings. The minimum absolute atomic E-state index is 0.411. The van der Waals surface area contributed by atoms with Gasteiger partial charge in [-0.3, -0.25) is 4.79 Å². The Balaban J connectivity index is 2.81. The second kappa shape index (κ2) is 6.59. The van der Waals surface area contributed by atoms with E-state index in [0.29, 0.717) is 15.6 Å². The zero-order chi connectivity index (χ0) is 14.6. The highest BCUT2D eigenvalue weighted by Crippen LogP contribution is 2.19. The van der Waals surface area contributed by atoms with Crippen molar-refractivity contribution in [1.29, 1.82) is 0 Å². The molecular weight excluding hydrogens is 289 g/mol. The van der Waals surface area contributed by atoms with Gasteiger partial charge in [0.1, 0.15) is 6.04 Å². The van der Waals surface area contributed by atoms with E-state index in [1.54, 1.807) is 18.2 Å². The molecule has 1 aromatic rings. The average Bonchev–Trinajstić information content (AvgIpc) is 2.32. The number of likely N-dealkylation sites (N-methyl/N-ethyl adjacent to an activating group) is 1. The quantitative estimate of drug-likeness (QED) is 0.870. The highest BCUT2D eigenvalue weighted by atomic mass is 35.5. The molecule has 19 heavy (non-hydrogen) atoms. The van der Waals surface area contributed by atoms with Crippen LogP contribution in [0.2, 0.25) is 10.0 Å². The van der Waals surface area contributed by atoms with Gasteiger partial charge in [-0.25, -0.2) is 4.79 Å². The number of carboxylic acid groups (broad SMARTS) is 1. The Morgan fingerprint density at radius 3 is 2.26 bits per heavy atom. The highest BCUT2D eigenvalue weighted by Gasteiger charge is 2.19. The van der Waals surface area contributed by atoms with Crippen LogP contribution in [-0.2, 0) is 9.59 Å². The fourth-order valence-corrected chi connectivity index (χ4v) is 1.86. The molecular formula is C13H13Cl2NO3. The number of carbonyl (C=O) groups is 2. The molecule has 1 amide bonds. The van der Waals surface area contributed by atoms with Crippen LogP contribution in [0.4, 0.5) is 0 Å². The molecule has 0 radical (unpaired) electrons. The van der Waals surface area contributed by atoms with E-state index in [1.165, 1.54) is 26.1 Å². The molecule has 1 rings (SSSR count). The topological polar surface area (TPSA) is 57.6 Å².